The van der Waals surface area contributed by atoms with Gasteiger partial charge in [-0.1, -0.05) is 6.07 Å². The number of anilines is 2. The maximum Gasteiger partial charge on any atom is 0.227 e. The predicted octanol–water partition coefficient (Wildman–Crippen LogP) is 3.35. The highest BCUT2D eigenvalue weighted by atomic mass is 19.1. The minimum atomic E-state index is -0.351. The minimum Gasteiger partial charge on any atom is -0.341 e. The molecule has 1 amide bonds. The fourth-order valence-corrected chi connectivity index (χ4v) is 3.78. The molecule has 1 fully saturated rings. The van der Waals surface area contributed by atoms with Crippen molar-refractivity contribution in [3.63, 3.8) is 0 Å². The maximum absolute atomic E-state index is 13.3. The summed E-state index contributed by atoms with van der Waals surface area (Å²) in [5.41, 5.74) is 2.62. The number of aromatic nitrogens is 2. The summed E-state index contributed by atoms with van der Waals surface area (Å²) >= 11 is 0. The Labute approximate surface area is 152 Å². The van der Waals surface area contributed by atoms with E-state index in [1.54, 1.807) is 12.1 Å². The number of amides is 1. The second kappa shape index (κ2) is 7.40. The molecule has 1 aliphatic heterocycles. The van der Waals surface area contributed by atoms with Crippen LogP contribution in [0, 0.1) is 11.7 Å². The van der Waals surface area contributed by atoms with Gasteiger partial charge in [0.25, 0.3) is 0 Å². The molecule has 2 aromatic rings. The number of piperidine rings is 1. The van der Waals surface area contributed by atoms with Crippen molar-refractivity contribution in [3.8, 4) is 0 Å². The number of benzene rings is 1. The molecule has 0 unspecified atom stereocenters. The van der Waals surface area contributed by atoms with Gasteiger partial charge in [-0.15, -0.1) is 0 Å². The van der Waals surface area contributed by atoms with Gasteiger partial charge in [-0.25, -0.2) is 14.4 Å². The normalized spacial score (nSPS) is 19.7. The SMILES string of the molecule is O=C(Nc1cccc(F)c1)[C@@H]1CCc2nc(N3CCCCC3)ncc2C1. The molecule has 5 nitrogen and oxygen atoms in total. The molecule has 1 aromatic heterocycles. The fraction of sp³-hybridized carbons (Fsp3) is 0.450. The second-order valence-corrected chi connectivity index (χ2v) is 7.13. The summed E-state index contributed by atoms with van der Waals surface area (Å²) < 4.78 is 13.3. The molecule has 1 N–H and O–H groups in total. The van der Waals surface area contributed by atoms with Gasteiger partial charge in [-0.3, -0.25) is 4.79 Å². The highest BCUT2D eigenvalue weighted by Gasteiger charge is 2.27. The van der Waals surface area contributed by atoms with Crippen molar-refractivity contribution in [1.29, 1.82) is 0 Å². The monoisotopic (exact) mass is 354 g/mol. The van der Waals surface area contributed by atoms with E-state index in [4.69, 9.17) is 4.98 Å². The van der Waals surface area contributed by atoms with E-state index < -0.39 is 0 Å². The van der Waals surface area contributed by atoms with Gasteiger partial charge in [0.15, 0.2) is 0 Å². The average Bonchev–Trinajstić information content (AvgIpc) is 2.68. The van der Waals surface area contributed by atoms with Crippen LogP contribution in [0.5, 0.6) is 0 Å². The topological polar surface area (TPSA) is 58.1 Å². The molecular formula is C20H23FN4O. The van der Waals surface area contributed by atoms with Gasteiger partial charge in [0, 0.05) is 36.6 Å². The lowest BCUT2D eigenvalue weighted by Crippen LogP contribution is -2.32. The Morgan fingerprint density at radius 2 is 2.08 bits per heavy atom. The van der Waals surface area contributed by atoms with Crippen molar-refractivity contribution in [1.82, 2.24) is 9.97 Å². The van der Waals surface area contributed by atoms with Crippen LogP contribution in [0.2, 0.25) is 0 Å². The zero-order valence-corrected chi connectivity index (χ0v) is 14.7. The number of carbonyl (C=O) groups excluding carboxylic acids is 1. The molecule has 136 valence electrons. The molecule has 26 heavy (non-hydrogen) atoms. The standard InChI is InChI=1S/C20H23FN4O/c21-16-5-4-6-17(12-16)23-19(26)14-7-8-18-15(11-14)13-22-20(24-18)25-9-2-1-3-10-25/h4-6,12-14H,1-3,7-11H2,(H,23,26)/t14-/m1/s1. The molecule has 4 rings (SSSR count). The Hall–Kier alpha value is -2.50. The second-order valence-electron chi connectivity index (χ2n) is 7.13. The number of hydrogen-bond donors (Lipinski definition) is 1. The van der Waals surface area contributed by atoms with Crippen molar-refractivity contribution < 1.29 is 9.18 Å². The van der Waals surface area contributed by atoms with Gasteiger partial charge in [0.1, 0.15) is 5.82 Å². The number of nitrogens with zero attached hydrogens (tertiary/aromatic N) is 3. The largest absolute Gasteiger partial charge is 0.341 e. The number of carbonyl (C=O) groups is 1. The van der Waals surface area contributed by atoms with E-state index in [0.717, 1.165) is 43.1 Å². The van der Waals surface area contributed by atoms with Crippen LogP contribution in [-0.4, -0.2) is 29.0 Å². The summed E-state index contributed by atoms with van der Waals surface area (Å²) in [6, 6.07) is 6.00. The molecular weight excluding hydrogens is 331 g/mol. The summed E-state index contributed by atoms with van der Waals surface area (Å²) in [5, 5.41) is 2.82. The first-order valence-corrected chi connectivity index (χ1v) is 9.35. The van der Waals surface area contributed by atoms with Crippen LogP contribution in [0.15, 0.2) is 30.5 Å². The smallest absolute Gasteiger partial charge is 0.227 e. The highest BCUT2D eigenvalue weighted by Crippen LogP contribution is 2.27. The van der Waals surface area contributed by atoms with Crippen LogP contribution in [0.1, 0.15) is 36.9 Å². The first kappa shape index (κ1) is 16.9. The molecule has 2 heterocycles. The Bertz CT molecular complexity index is 804. The lowest BCUT2D eigenvalue weighted by atomic mass is 9.86. The maximum atomic E-state index is 13.3. The number of fused-ring (bicyclic) bond motifs is 1. The number of hydrogen-bond acceptors (Lipinski definition) is 4. The van der Waals surface area contributed by atoms with Gasteiger partial charge in [-0.2, -0.15) is 0 Å². The molecule has 0 spiro atoms. The molecule has 1 aliphatic carbocycles. The third-order valence-corrected chi connectivity index (χ3v) is 5.24. The first-order valence-electron chi connectivity index (χ1n) is 9.35. The number of rotatable bonds is 3. The van der Waals surface area contributed by atoms with Crippen LogP contribution < -0.4 is 10.2 Å². The molecule has 0 saturated carbocycles. The molecule has 2 aliphatic rings. The van der Waals surface area contributed by atoms with E-state index in [1.165, 1.54) is 31.4 Å². The average molecular weight is 354 g/mol. The zero-order valence-electron chi connectivity index (χ0n) is 14.7. The number of nitrogens with one attached hydrogen (secondary N) is 1. The van der Waals surface area contributed by atoms with Crippen molar-refractivity contribution in [2.75, 3.05) is 23.3 Å². The predicted molar refractivity (Wildman–Crippen MR) is 98.6 cm³/mol. The Balaban J connectivity index is 1.43. The third-order valence-electron chi connectivity index (χ3n) is 5.24. The van der Waals surface area contributed by atoms with Crippen molar-refractivity contribution >= 4 is 17.5 Å². The minimum absolute atomic E-state index is 0.0682. The van der Waals surface area contributed by atoms with Gasteiger partial charge >= 0.3 is 0 Å². The van der Waals surface area contributed by atoms with E-state index in [2.05, 4.69) is 15.2 Å². The molecule has 6 heteroatoms. The zero-order chi connectivity index (χ0) is 17.9. The van der Waals surface area contributed by atoms with E-state index in [-0.39, 0.29) is 17.6 Å². The van der Waals surface area contributed by atoms with Crippen LogP contribution >= 0.6 is 0 Å². The van der Waals surface area contributed by atoms with Gasteiger partial charge in [0.05, 0.1) is 0 Å². The Morgan fingerprint density at radius 1 is 1.23 bits per heavy atom. The highest BCUT2D eigenvalue weighted by molar-refractivity contribution is 5.92. The van der Waals surface area contributed by atoms with E-state index in [1.807, 2.05) is 6.20 Å². The summed E-state index contributed by atoms with van der Waals surface area (Å²) in [4.78, 5) is 24.1. The third kappa shape index (κ3) is 3.69. The van der Waals surface area contributed by atoms with E-state index in [9.17, 15) is 9.18 Å². The lowest BCUT2D eigenvalue weighted by molar-refractivity contribution is -0.120. The van der Waals surface area contributed by atoms with Crippen molar-refractivity contribution in [3.05, 3.63) is 47.5 Å². The number of aryl methyl sites for hydroxylation is 1. The summed E-state index contributed by atoms with van der Waals surface area (Å²) in [5.74, 6) is 0.276. The molecule has 1 aromatic carbocycles. The van der Waals surface area contributed by atoms with Gasteiger partial charge < -0.3 is 10.2 Å². The number of halogens is 1. The lowest BCUT2D eigenvalue weighted by Gasteiger charge is -2.28. The molecule has 1 saturated heterocycles. The summed E-state index contributed by atoms with van der Waals surface area (Å²) in [6.45, 7) is 2.05. The first-order chi connectivity index (χ1) is 12.7. The van der Waals surface area contributed by atoms with Gasteiger partial charge in [0.2, 0.25) is 11.9 Å². The van der Waals surface area contributed by atoms with Crippen LogP contribution in [0.4, 0.5) is 16.0 Å². The molecule has 0 radical (unpaired) electrons. The molecule has 0 bridgehead atoms. The summed E-state index contributed by atoms with van der Waals surface area (Å²) in [7, 11) is 0. The van der Waals surface area contributed by atoms with Gasteiger partial charge in [-0.05, 0) is 62.3 Å². The van der Waals surface area contributed by atoms with Crippen LogP contribution in [0.25, 0.3) is 0 Å². The van der Waals surface area contributed by atoms with E-state index in [0.29, 0.717) is 12.1 Å². The van der Waals surface area contributed by atoms with Crippen LogP contribution in [0.3, 0.4) is 0 Å². The quantitative estimate of drug-likeness (QED) is 0.918. The Morgan fingerprint density at radius 3 is 2.88 bits per heavy atom. The van der Waals surface area contributed by atoms with E-state index >= 15 is 0 Å². The Kier molecular flexibility index (Phi) is 4.82. The fourth-order valence-electron chi connectivity index (χ4n) is 3.78. The van der Waals surface area contributed by atoms with Crippen molar-refractivity contribution in [2.45, 2.75) is 38.5 Å². The van der Waals surface area contributed by atoms with Crippen molar-refractivity contribution in [2.24, 2.45) is 5.92 Å². The van der Waals surface area contributed by atoms with Crippen LogP contribution in [-0.2, 0) is 17.6 Å². The molecule has 1 atom stereocenters. The summed E-state index contributed by atoms with van der Waals surface area (Å²) in [6.07, 6.45) is 7.73.